The number of carbonyl (C=O) groups is 1. The number of nitrogens with one attached hydrogen (secondary N) is 2. The Bertz CT molecular complexity index is 771. The summed E-state index contributed by atoms with van der Waals surface area (Å²) in [5.41, 5.74) is 1.95. The summed E-state index contributed by atoms with van der Waals surface area (Å²) in [6, 6.07) is 6.95. The Kier molecular flexibility index (Phi) is 5.67. The highest BCUT2D eigenvalue weighted by Gasteiger charge is 2.40. The van der Waals surface area contributed by atoms with Crippen LogP contribution in [0.2, 0.25) is 0 Å². The maximum Gasteiger partial charge on any atom is 0.328 e. The number of benzene rings is 1. The Morgan fingerprint density at radius 3 is 2.58 bits per heavy atom. The van der Waals surface area contributed by atoms with E-state index in [9.17, 15) is 13.2 Å². The van der Waals surface area contributed by atoms with Gasteiger partial charge in [-0.2, -0.15) is 0 Å². The minimum Gasteiger partial charge on any atom is -0.375 e. The molecule has 2 fully saturated rings. The molecule has 0 aliphatic carbocycles. The van der Waals surface area contributed by atoms with E-state index in [1.54, 1.807) is 0 Å². The largest absolute Gasteiger partial charge is 0.375 e. The van der Waals surface area contributed by atoms with Crippen molar-refractivity contribution < 1.29 is 17.9 Å². The summed E-state index contributed by atoms with van der Waals surface area (Å²) in [5, 5.41) is 3.65. The third kappa shape index (κ3) is 4.86. The smallest absolute Gasteiger partial charge is 0.328 e. The fraction of sp³-hybridized carbons (Fsp3) is 0.526. The molecule has 6 nitrogen and oxygen atoms in total. The predicted molar refractivity (Wildman–Crippen MR) is 101 cm³/mol. The van der Waals surface area contributed by atoms with E-state index in [-0.39, 0.29) is 12.0 Å². The monoisotopic (exact) mass is 378 g/mol. The number of urea groups is 1. The van der Waals surface area contributed by atoms with Crippen LogP contribution < -0.4 is 10.0 Å². The van der Waals surface area contributed by atoms with Crippen molar-refractivity contribution in [3.8, 4) is 0 Å². The van der Waals surface area contributed by atoms with Crippen molar-refractivity contribution in [3.63, 3.8) is 0 Å². The quantitative estimate of drug-likeness (QED) is 0.797. The second-order valence-electron chi connectivity index (χ2n) is 7.35. The van der Waals surface area contributed by atoms with Crippen LogP contribution in [0.3, 0.4) is 0 Å². The molecule has 2 amide bonds. The Balaban J connectivity index is 1.48. The van der Waals surface area contributed by atoms with Crippen molar-refractivity contribution in [2.24, 2.45) is 5.92 Å². The molecule has 142 valence electrons. The fourth-order valence-electron chi connectivity index (χ4n) is 3.54. The summed E-state index contributed by atoms with van der Waals surface area (Å²) in [4.78, 5) is 11.9. The summed E-state index contributed by atoms with van der Waals surface area (Å²) in [6.45, 7) is 4.63. The van der Waals surface area contributed by atoms with Crippen LogP contribution in [-0.2, 0) is 14.8 Å². The molecule has 0 spiro atoms. The van der Waals surface area contributed by atoms with Gasteiger partial charge in [-0.1, -0.05) is 38.1 Å². The number of hydrogen-bond donors (Lipinski definition) is 2. The average molecular weight is 378 g/mol. The molecular formula is C19H26N2O4S. The van der Waals surface area contributed by atoms with E-state index in [2.05, 4.69) is 19.2 Å². The predicted octanol–water partition coefficient (Wildman–Crippen LogP) is 2.98. The highest BCUT2D eigenvalue weighted by molar-refractivity contribution is 7.93. The average Bonchev–Trinajstić information content (AvgIpc) is 3.21. The SMILES string of the molecule is CC(C)c1ccc(/C=C/S(=O)(=O)NC(=O)NCC2CC3CCC2O3)cc1. The lowest BCUT2D eigenvalue weighted by Crippen LogP contribution is -2.42. The Hall–Kier alpha value is -1.86. The van der Waals surface area contributed by atoms with E-state index in [0.29, 0.717) is 18.6 Å². The first-order valence-electron chi connectivity index (χ1n) is 9.06. The van der Waals surface area contributed by atoms with E-state index in [0.717, 1.165) is 30.2 Å². The molecule has 0 saturated carbocycles. The van der Waals surface area contributed by atoms with Gasteiger partial charge in [0.15, 0.2) is 0 Å². The standard InChI is InChI=1S/C19H26N2O4S/c1-13(2)15-5-3-14(4-6-15)9-10-26(23,24)21-19(22)20-12-16-11-17-7-8-18(16)25-17/h3-6,9-10,13,16-18H,7-8,11-12H2,1-2H3,(H2,20,21,22)/b10-9+. The summed E-state index contributed by atoms with van der Waals surface area (Å²) in [7, 11) is -3.84. The highest BCUT2D eigenvalue weighted by Crippen LogP contribution is 2.38. The van der Waals surface area contributed by atoms with Gasteiger partial charge < -0.3 is 10.1 Å². The molecule has 2 saturated heterocycles. The maximum absolute atomic E-state index is 12.0. The molecular weight excluding hydrogens is 352 g/mol. The molecule has 2 aliphatic heterocycles. The van der Waals surface area contributed by atoms with Crippen molar-refractivity contribution in [2.45, 2.75) is 51.2 Å². The zero-order valence-electron chi connectivity index (χ0n) is 15.1. The number of rotatable bonds is 6. The molecule has 2 heterocycles. The van der Waals surface area contributed by atoms with E-state index in [1.807, 2.05) is 29.0 Å². The van der Waals surface area contributed by atoms with Gasteiger partial charge in [0.25, 0.3) is 10.0 Å². The van der Waals surface area contributed by atoms with Crippen LogP contribution in [0.15, 0.2) is 29.7 Å². The molecule has 7 heteroatoms. The van der Waals surface area contributed by atoms with Crippen molar-refractivity contribution >= 4 is 22.1 Å². The van der Waals surface area contributed by atoms with E-state index in [4.69, 9.17) is 4.74 Å². The van der Waals surface area contributed by atoms with Crippen LogP contribution in [0.25, 0.3) is 6.08 Å². The van der Waals surface area contributed by atoms with Crippen LogP contribution in [0, 0.1) is 5.92 Å². The van der Waals surface area contributed by atoms with E-state index in [1.165, 1.54) is 11.6 Å². The second kappa shape index (κ2) is 7.80. The minimum absolute atomic E-state index is 0.200. The zero-order valence-corrected chi connectivity index (χ0v) is 16.0. The van der Waals surface area contributed by atoms with E-state index >= 15 is 0 Å². The summed E-state index contributed by atoms with van der Waals surface area (Å²) < 4.78 is 31.8. The third-order valence-corrected chi connectivity index (χ3v) is 6.00. The summed E-state index contributed by atoms with van der Waals surface area (Å²) in [6.07, 6.45) is 5.03. The fourth-order valence-corrected chi connectivity index (χ4v) is 4.28. The van der Waals surface area contributed by atoms with Gasteiger partial charge in [-0.15, -0.1) is 0 Å². The van der Waals surface area contributed by atoms with Gasteiger partial charge in [-0.05, 0) is 42.4 Å². The second-order valence-corrected chi connectivity index (χ2v) is 8.92. The molecule has 2 N–H and O–H groups in total. The van der Waals surface area contributed by atoms with Gasteiger partial charge in [-0.3, -0.25) is 0 Å². The Morgan fingerprint density at radius 2 is 2.00 bits per heavy atom. The molecule has 0 radical (unpaired) electrons. The van der Waals surface area contributed by atoms with E-state index < -0.39 is 16.1 Å². The first-order chi connectivity index (χ1) is 12.3. The van der Waals surface area contributed by atoms with Crippen LogP contribution in [0.5, 0.6) is 0 Å². The number of carbonyl (C=O) groups excluding carboxylic acids is 1. The topological polar surface area (TPSA) is 84.5 Å². The first-order valence-corrected chi connectivity index (χ1v) is 10.6. The van der Waals surface area contributed by atoms with Gasteiger partial charge in [0.2, 0.25) is 0 Å². The lowest BCUT2D eigenvalue weighted by atomic mass is 9.89. The molecule has 2 bridgehead atoms. The first kappa shape index (κ1) is 18.9. The molecule has 26 heavy (non-hydrogen) atoms. The lowest BCUT2D eigenvalue weighted by molar-refractivity contribution is 0.0928. The lowest BCUT2D eigenvalue weighted by Gasteiger charge is -2.18. The van der Waals surface area contributed by atoms with Gasteiger partial charge in [-0.25, -0.2) is 17.9 Å². The summed E-state index contributed by atoms with van der Waals surface area (Å²) >= 11 is 0. The molecule has 0 aromatic heterocycles. The van der Waals surface area contributed by atoms with Gasteiger partial charge in [0.1, 0.15) is 0 Å². The number of fused-ring (bicyclic) bond motifs is 2. The molecule has 2 aliphatic rings. The molecule has 1 aromatic rings. The van der Waals surface area contributed by atoms with Crippen LogP contribution in [-0.4, -0.2) is 33.2 Å². The van der Waals surface area contributed by atoms with Crippen LogP contribution in [0.1, 0.15) is 50.2 Å². The van der Waals surface area contributed by atoms with Crippen LogP contribution >= 0.6 is 0 Å². The number of hydrogen-bond acceptors (Lipinski definition) is 4. The molecule has 1 aromatic carbocycles. The number of ether oxygens (including phenoxy) is 1. The highest BCUT2D eigenvalue weighted by atomic mass is 32.2. The molecule has 3 rings (SSSR count). The summed E-state index contributed by atoms with van der Waals surface area (Å²) in [5.74, 6) is 0.694. The van der Waals surface area contributed by atoms with Gasteiger partial charge in [0, 0.05) is 12.5 Å². The van der Waals surface area contributed by atoms with Gasteiger partial charge in [0.05, 0.1) is 17.6 Å². The third-order valence-electron chi connectivity index (χ3n) is 5.03. The number of amides is 2. The Labute approximate surface area is 155 Å². The Morgan fingerprint density at radius 1 is 1.27 bits per heavy atom. The normalized spacial score (nSPS) is 25.1. The van der Waals surface area contributed by atoms with Crippen LogP contribution in [0.4, 0.5) is 4.79 Å². The zero-order chi connectivity index (χ0) is 18.7. The number of sulfonamides is 1. The van der Waals surface area contributed by atoms with Crippen molar-refractivity contribution in [2.75, 3.05) is 6.54 Å². The molecule has 3 atom stereocenters. The minimum atomic E-state index is -3.84. The van der Waals surface area contributed by atoms with Gasteiger partial charge >= 0.3 is 6.03 Å². The van der Waals surface area contributed by atoms with Crippen molar-refractivity contribution in [1.29, 1.82) is 0 Å². The van der Waals surface area contributed by atoms with Crippen molar-refractivity contribution in [1.82, 2.24) is 10.0 Å². The molecule has 3 unspecified atom stereocenters. The maximum atomic E-state index is 12.0. The van der Waals surface area contributed by atoms with Crippen molar-refractivity contribution in [3.05, 3.63) is 40.8 Å².